The summed E-state index contributed by atoms with van der Waals surface area (Å²) >= 11 is 0. The van der Waals surface area contributed by atoms with Gasteiger partial charge in [-0.15, -0.1) is 0 Å². The number of carbonyl (C=O) groups excluding carboxylic acids is 2. The molecule has 1 amide bonds. The number of rotatable bonds is 6. The molecule has 1 fully saturated rings. The number of aliphatic hydroxyl groups is 1. The Labute approximate surface area is 209 Å². The Morgan fingerprint density at radius 1 is 1.03 bits per heavy atom. The maximum absolute atomic E-state index is 13.5. The number of Topliss-reactive ketones (excluding diaryl/α,β-unsaturated/α-hetero) is 1. The molecule has 6 heteroatoms. The maximum atomic E-state index is 13.5. The average molecular weight is 481 g/mol. The minimum atomic E-state index is -0.794. The second-order valence-corrected chi connectivity index (χ2v) is 9.13. The summed E-state index contributed by atoms with van der Waals surface area (Å²) in [5.74, 6) is -0.718. The highest BCUT2D eigenvalue weighted by atomic mass is 16.5. The van der Waals surface area contributed by atoms with Crippen molar-refractivity contribution in [1.82, 2.24) is 4.98 Å². The van der Waals surface area contributed by atoms with Gasteiger partial charge in [0, 0.05) is 33.9 Å². The van der Waals surface area contributed by atoms with Crippen molar-refractivity contribution in [3.8, 4) is 5.75 Å². The third kappa shape index (κ3) is 3.85. The lowest BCUT2D eigenvalue weighted by atomic mass is 9.93. The molecule has 0 radical (unpaired) electrons. The first-order chi connectivity index (χ1) is 17.4. The molecule has 1 unspecified atom stereocenters. The van der Waals surface area contributed by atoms with Gasteiger partial charge in [-0.2, -0.15) is 0 Å². The Kier molecular flexibility index (Phi) is 6.10. The van der Waals surface area contributed by atoms with Gasteiger partial charge in [0.2, 0.25) is 0 Å². The van der Waals surface area contributed by atoms with Crippen molar-refractivity contribution < 1.29 is 19.4 Å². The highest BCUT2D eigenvalue weighted by molar-refractivity contribution is 6.51. The topological polar surface area (TPSA) is 82.6 Å². The molecule has 0 saturated carbocycles. The number of carbonyl (C=O) groups is 2. The van der Waals surface area contributed by atoms with Gasteiger partial charge in [0.15, 0.2) is 0 Å². The van der Waals surface area contributed by atoms with Crippen LogP contribution in [0.5, 0.6) is 5.75 Å². The molecule has 1 atom stereocenters. The number of H-pyrrole nitrogens is 1. The summed E-state index contributed by atoms with van der Waals surface area (Å²) < 4.78 is 5.77. The van der Waals surface area contributed by atoms with Crippen molar-refractivity contribution in [2.75, 3.05) is 11.5 Å². The molecule has 182 valence electrons. The monoisotopic (exact) mass is 480 g/mol. The van der Waals surface area contributed by atoms with Crippen LogP contribution in [-0.4, -0.2) is 28.4 Å². The summed E-state index contributed by atoms with van der Waals surface area (Å²) in [7, 11) is 0. The smallest absolute Gasteiger partial charge is 0.300 e. The number of hydrogen-bond acceptors (Lipinski definition) is 4. The zero-order chi connectivity index (χ0) is 25.4. The van der Waals surface area contributed by atoms with Crippen LogP contribution in [0, 0.1) is 0 Å². The van der Waals surface area contributed by atoms with Crippen molar-refractivity contribution in [3.63, 3.8) is 0 Å². The number of hydrogen-bond donors (Lipinski definition) is 2. The van der Waals surface area contributed by atoms with E-state index >= 15 is 0 Å². The van der Waals surface area contributed by atoms with Crippen molar-refractivity contribution >= 4 is 34.0 Å². The number of aliphatic hydroxyl groups excluding tert-OH is 1. The van der Waals surface area contributed by atoms with E-state index in [0.717, 1.165) is 27.8 Å². The zero-order valence-electron chi connectivity index (χ0n) is 20.5. The standard InChI is InChI=1S/C30H28N2O4/c1-4-36-25-15-14-19(16-22(25)18(2)3)28(33)26-27(23-17-31-24-13-9-8-12-21(23)24)32(30(35)29(26)34)20-10-6-5-7-11-20/h5-18,27,31,33H,4H2,1-3H3/b28-26+. The Morgan fingerprint density at radius 2 is 1.75 bits per heavy atom. The minimum absolute atomic E-state index is 0.0625. The highest BCUT2D eigenvalue weighted by Crippen LogP contribution is 2.44. The number of fused-ring (bicyclic) bond motifs is 1. The third-order valence-corrected chi connectivity index (χ3v) is 6.60. The number of aromatic nitrogens is 1. The van der Waals surface area contributed by atoms with Crippen LogP contribution in [0.4, 0.5) is 5.69 Å². The molecule has 6 nitrogen and oxygen atoms in total. The van der Waals surface area contributed by atoms with Crippen molar-refractivity contribution in [1.29, 1.82) is 0 Å². The van der Waals surface area contributed by atoms with Crippen molar-refractivity contribution in [3.05, 3.63) is 101 Å². The van der Waals surface area contributed by atoms with Gasteiger partial charge in [-0.3, -0.25) is 14.5 Å². The van der Waals surface area contributed by atoms with E-state index in [4.69, 9.17) is 4.74 Å². The SMILES string of the molecule is CCOc1ccc(/C(O)=C2\C(=O)C(=O)N(c3ccccc3)C2c2c[nH]c3ccccc23)cc1C(C)C. The summed E-state index contributed by atoms with van der Waals surface area (Å²) in [6, 6.07) is 21.4. The number of nitrogens with zero attached hydrogens (tertiary/aromatic N) is 1. The summed E-state index contributed by atoms with van der Waals surface area (Å²) in [5.41, 5.74) is 3.66. The number of ketones is 1. The maximum Gasteiger partial charge on any atom is 0.300 e. The molecule has 0 aliphatic carbocycles. The van der Waals surface area contributed by atoms with Gasteiger partial charge >= 0.3 is 0 Å². The van der Waals surface area contributed by atoms with E-state index in [1.54, 1.807) is 18.2 Å². The first-order valence-corrected chi connectivity index (χ1v) is 12.1. The van der Waals surface area contributed by atoms with Crippen LogP contribution in [-0.2, 0) is 9.59 Å². The molecule has 3 aromatic carbocycles. The molecule has 36 heavy (non-hydrogen) atoms. The predicted molar refractivity (Wildman–Crippen MR) is 141 cm³/mol. The fourth-order valence-corrected chi connectivity index (χ4v) is 4.89. The van der Waals surface area contributed by atoms with Gasteiger partial charge in [-0.05, 0) is 54.8 Å². The van der Waals surface area contributed by atoms with Gasteiger partial charge < -0.3 is 14.8 Å². The van der Waals surface area contributed by atoms with Crippen molar-refractivity contribution in [2.45, 2.75) is 32.7 Å². The van der Waals surface area contributed by atoms with Gasteiger partial charge in [0.25, 0.3) is 11.7 Å². The van der Waals surface area contributed by atoms with Gasteiger partial charge in [-0.25, -0.2) is 0 Å². The molecule has 0 spiro atoms. The van der Waals surface area contributed by atoms with Gasteiger partial charge in [0.1, 0.15) is 11.5 Å². The summed E-state index contributed by atoms with van der Waals surface area (Å²) in [6.07, 6.45) is 1.81. The molecule has 1 aliphatic heterocycles. The number of aromatic amines is 1. The van der Waals surface area contributed by atoms with E-state index in [1.807, 2.05) is 81.6 Å². The molecule has 5 rings (SSSR count). The molecular formula is C30H28N2O4. The highest BCUT2D eigenvalue weighted by Gasteiger charge is 2.47. The Bertz CT molecular complexity index is 1480. The first-order valence-electron chi connectivity index (χ1n) is 12.1. The molecule has 4 aromatic rings. The number of ether oxygens (including phenoxy) is 1. The first kappa shape index (κ1) is 23.4. The van der Waals surface area contributed by atoms with Crippen molar-refractivity contribution in [2.24, 2.45) is 0 Å². The molecular weight excluding hydrogens is 452 g/mol. The second kappa shape index (κ2) is 9.38. The number of benzene rings is 3. The van der Waals surface area contributed by atoms with Gasteiger partial charge in [-0.1, -0.05) is 50.2 Å². The lowest BCUT2D eigenvalue weighted by molar-refractivity contribution is -0.132. The van der Waals surface area contributed by atoms with E-state index < -0.39 is 17.7 Å². The quantitative estimate of drug-likeness (QED) is 0.192. The summed E-state index contributed by atoms with van der Waals surface area (Å²) in [5, 5.41) is 12.5. The Hall–Kier alpha value is -4.32. The summed E-state index contributed by atoms with van der Waals surface area (Å²) in [4.78, 5) is 31.6. The van der Waals surface area contributed by atoms with Gasteiger partial charge in [0.05, 0.1) is 18.2 Å². The molecule has 2 heterocycles. The Balaban J connectivity index is 1.75. The van der Waals surface area contributed by atoms with E-state index in [9.17, 15) is 14.7 Å². The Morgan fingerprint density at radius 3 is 2.47 bits per heavy atom. The fraction of sp³-hybridized carbons (Fsp3) is 0.200. The van der Waals surface area contributed by atoms with E-state index in [2.05, 4.69) is 4.98 Å². The molecule has 1 saturated heterocycles. The predicted octanol–water partition coefficient (Wildman–Crippen LogP) is 6.32. The number of anilines is 1. The van der Waals surface area contributed by atoms with Crippen LogP contribution in [0.25, 0.3) is 16.7 Å². The van der Waals surface area contributed by atoms with E-state index in [-0.39, 0.29) is 17.3 Å². The molecule has 0 bridgehead atoms. The zero-order valence-corrected chi connectivity index (χ0v) is 20.5. The normalized spacial score (nSPS) is 17.3. The van der Waals surface area contributed by atoms with E-state index in [1.165, 1.54) is 4.90 Å². The second-order valence-electron chi connectivity index (χ2n) is 9.13. The van der Waals surface area contributed by atoms with Crippen LogP contribution in [0.3, 0.4) is 0 Å². The molecule has 1 aromatic heterocycles. The lowest BCUT2D eigenvalue weighted by Gasteiger charge is -2.25. The van der Waals surface area contributed by atoms with Crippen LogP contribution < -0.4 is 9.64 Å². The van der Waals surface area contributed by atoms with Crippen LogP contribution in [0.2, 0.25) is 0 Å². The number of amides is 1. The third-order valence-electron chi connectivity index (χ3n) is 6.60. The number of para-hydroxylation sites is 2. The van der Waals surface area contributed by atoms with Crippen LogP contribution in [0.1, 0.15) is 49.4 Å². The van der Waals surface area contributed by atoms with Crippen LogP contribution >= 0.6 is 0 Å². The lowest BCUT2D eigenvalue weighted by Crippen LogP contribution is -2.29. The van der Waals surface area contributed by atoms with E-state index in [0.29, 0.717) is 17.9 Å². The minimum Gasteiger partial charge on any atom is -0.507 e. The molecule has 2 N–H and O–H groups in total. The van der Waals surface area contributed by atoms with Crippen LogP contribution in [0.15, 0.2) is 84.6 Å². The summed E-state index contributed by atoms with van der Waals surface area (Å²) in [6.45, 7) is 6.53. The number of nitrogens with one attached hydrogen (secondary N) is 1. The fourth-order valence-electron chi connectivity index (χ4n) is 4.89. The molecule has 1 aliphatic rings. The largest absolute Gasteiger partial charge is 0.507 e. The average Bonchev–Trinajstić information content (AvgIpc) is 3.43.